The molecule has 0 bridgehead atoms. The van der Waals surface area contributed by atoms with Crippen molar-refractivity contribution in [3.63, 3.8) is 0 Å². The van der Waals surface area contributed by atoms with Gasteiger partial charge >= 0.3 is 0 Å². The average Bonchev–Trinajstić information content (AvgIpc) is 2.40. The Morgan fingerprint density at radius 2 is 2.24 bits per heavy atom. The molecule has 0 unspecified atom stereocenters. The smallest absolute Gasteiger partial charge is 0.253 e. The lowest BCUT2D eigenvalue weighted by atomic mass is 10.2. The number of hydrogen-bond donors (Lipinski definition) is 3. The number of carbonyl (C=O) groups excluding carboxylic acids is 1. The quantitative estimate of drug-likeness (QED) is 0.587. The molecule has 21 heavy (non-hydrogen) atoms. The Hall–Kier alpha value is -2.35. The monoisotopic (exact) mass is 308 g/mol. The molecule has 1 amide bonds. The summed E-state index contributed by atoms with van der Waals surface area (Å²) in [5, 5.41) is 2.81. The number of aromatic nitrogens is 2. The normalized spacial score (nSPS) is 10.4. The lowest BCUT2D eigenvalue weighted by Crippen LogP contribution is -2.16. The lowest BCUT2D eigenvalue weighted by molar-refractivity contribution is -0.113. The van der Waals surface area contributed by atoms with Gasteiger partial charge < -0.3 is 16.0 Å². The average molecular weight is 308 g/mol. The first-order valence-corrected chi connectivity index (χ1v) is 6.98. The Morgan fingerprint density at radius 3 is 2.90 bits per heavy atom. The van der Waals surface area contributed by atoms with E-state index >= 15 is 0 Å². The van der Waals surface area contributed by atoms with Crippen molar-refractivity contribution in [3.05, 3.63) is 46.0 Å². The van der Waals surface area contributed by atoms with E-state index in [1.807, 2.05) is 0 Å². The van der Waals surface area contributed by atoms with Gasteiger partial charge in [0, 0.05) is 11.8 Å². The van der Waals surface area contributed by atoms with Crippen molar-refractivity contribution in [1.29, 1.82) is 0 Å². The number of nitrogens with one attached hydrogen (secondary N) is 2. The van der Waals surface area contributed by atoms with Gasteiger partial charge in [-0.3, -0.25) is 9.59 Å². The SMILES string of the molecule is Cc1ccc(NC(=O)CSc2nc(N)cc(=O)[nH]2)cc1F. The summed E-state index contributed by atoms with van der Waals surface area (Å²) in [6, 6.07) is 5.59. The molecule has 0 saturated carbocycles. The van der Waals surface area contributed by atoms with Gasteiger partial charge in [0.1, 0.15) is 11.6 Å². The lowest BCUT2D eigenvalue weighted by Gasteiger charge is -2.06. The fourth-order valence-corrected chi connectivity index (χ4v) is 2.21. The van der Waals surface area contributed by atoms with Crippen molar-refractivity contribution < 1.29 is 9.18 Å². The van der Waals surface area contributed by atoms with Crippen LogP contribution in [0, 0.1) is 12.7 Å². The highest BCUT2D eigenvalue weighted by Gasteiger charge is 2.07. The van der Waals surface area contributed by atoms with Crippen molar-refractivity contribution in [2.24, 2.45) is 0 Å². The molecule has 1 heterocycles. The molecule has 8 heteroatoms. The molecular weight excluding hydrogens is 295 g/mol. The molecule has 0 atom stereocenters. The molecule has 6 nitrogen and oxygen atoms in total. The van der Waals surface area contributed by atoms with E-state index in [-0.39, 0.29) is 34.0 Å². The van der Waals surface area contributed by atoms with E-state index in [1.165, 1.54) is 6.07 Å². The predicted octanol–water partition coefficient (Wildman–Crippen LogP) is 1.53. The maximum atomic E-state index is 13.3. The summed E-state index contributed by atoms with van der Waals surface area (Å²) in [6.07, 6.45) is 0. The third-order valence-corrected chi connectivity index (χ3v) is 3.41. The second-order valence-electron chi connectivity index (χ2n) is 4.28. The van der Waals surface area contributed by atoms with Gasteiger partial charge in [-0.2, -0.15) is 0 Å². The number of nitrogens with zero attached hydrogens (tertiary/aromatic N) is 1. The number of nitrogen functional groups attached to an aromatic ring is 1. The van der Waals surface area contributed by atoms with Gasteiger partial charge in [-0.15, -0.1) is 0 Å². The zero-order valence-corrected chi connectivity index (χ0v) is 12.0. The molecule has 1 aromatic heterocycles. The topological polar surface area (TPSA) is 101 Å². The van der Waals surface area contributed by atoms with Crippen LogP contribution in [0.4, 0.5) is 15.9 Å². The van der Waals surface area contributed by atoms with Crippen LogP contribution in [0.3, 0.4) is 0 Å². The first kappa shape index (κ1) is 15.0. The van der Waals surface area contributed by atoms with Crippen LogP contribution in [-0.2, 0) is 4.79 Å². The molecule has 0 aliphatic rings. The molecule has 0 saturated heterocycles. The largest absolute Gasteiger partial charge is 0.383 e. The van der Waals surface area contributed by atoms with E-state index in [0.717, 1.165) is 17.8 Å². The highest BCUT2D eigenvalue weighted by atomic mass is 32.2. The Bertz CT molecular complexity index is 732. The molecule has 0 spiro atoms. The molecule has 0 fully saturated rings. The van der Waals surface area contributed by atoms with Gasteiger partial charge in [0.05, 0.1) is 5.75 Å². The van der Waals surface area contributed by atoms with Crippen molar-refractivity contribution in [3.8, 4) is 0 Å². The van der Waals surface area contributed by atoms with E-state index in [0.29, 0.717) is 11.3 Å². The number of thioether (sulfide) groups is 1. The minimum atomic E-state index is -0.387. The van der Waals surface area contributed by atoms with Crippen LogP contribution in [0.15, 0.2) is 34.2 Å². The fraction of sp³-hybridized carbons (Fsp3) is 0.154. The first-order valence-electron chi connectivity index (χ1n) is 5.99. The Kier molecular flexibility index (Phi) is 4.59. The van der Waals surface area contributed by atoms with Gasteiger partial charge in [0.2, 0.25) is 5.91 Å². The summed E-state index contributed by atoms with van der Waals surface area (Å²) >= 11 is 1.03. The number of H-pyrrole nitrogens is 1. The van der Waals surface area contributed by atoms with Gasteiger partial charge in [-0.1, -0.05) is 17.8 Å². The van der Waals surface area contributed by atoms with Gasteiger partial charge in [-0.05, 0) is 24.6 Å². The minimum Gasteiger partial charge on any atom is -0.383 e. The highest BCUT2D eigenvalue weighted by molar-refractivity contribution is 7.99. The summed E-state index contributed by atoms with van der Waals surface area (Å²) in [5.74, 6) is -0.625. The highest BCUT2D eigenvalue weighted by Crippen LogP contribution is 2.15. The van der Waals surface area contributed by atoms with E-state index in [9.17, 15) is 14.0 Å². The van der Waals surface area contributed by atoms with Crippen LogP contribution in [0.2, 0.25) is 0 Å². The molecular formula is C13H13FN4O2S. The summed E-state index contributed by atoms with van der Waals surface area (Å²) in [7, 11) is 0. The predicted molar refractivity (Wildman–Crippen MR) is 79.8 cm³/mol. The third-order valence-electron chi connectivity index (χ3n) is 2.54. The number of halogens is 1. The van der Waals surface area contributed by atoms with Crippen LogP contribution in [-0.4, -0.2) is 21.6 Å². The Labute approximate surface area is 124 Å². The minimum absolute atomic E-state index is 0.0158. The van der Waals surface area contributed by atoms with Crippen LogP contribution >= 0.6 is 11.8 Å². The van der Waals surface area contributed by atoms with Crippen LogP contribution in [0.5, 0.6) is 0 Å². The number of nitrogens with two attached hydrogens (primary N) is 1. The van der Waals surface area contributed by atoms with Crippen molar-refractivity contribution >= 4 is 29.2 Å². The number of benzene rings is 1. The second kappa shape index (κ2) is 6.40. The Morgan fingerprint density at radius 1 is 1.48 bits per heavy atom. The number of carbonyl (C=O) groups is 1. The number of hydrogen-bond acceptors (Lipinski definition) is 5. The van der Waals surface area contributed by atoms with Crippen molar-refractivity contribution in [2.45, 2.75) is 12.1 Å². The summed E-state index contributed by atoms with van der Waals surface area (Å²) in [6.45, 7) is 1.64. The van der Waals surface area contributed by atoms with Crippen molar-refractivity contribution in [2.75, 3.05) is 16.8 Å². The number of aryl methyl sites for hydroxylation is 1. The van der Waals surface area contributed by atoms with Crippen LogP contribution in [0.1, 0.15) is 5.56 Å². The molecule has 4 N–H and O–H groups in total. The molecule has 110 valence electrons. The molecule has 2 aromatic rings. The second-order valence-corrected chi connectivity index (χ2v) is 5.24. The zero-order chi connectivity index (χ0) is 15.4. The molecule has 0 radical (unpaired) electrons. The van der Waals surface area contributed by atoms with Crippen molar-refractivity contribution in [1.82, 2.24) is 9.97 Å². The molecule has 0 aliphatic heterocycles. The summed E-state index contributed by atoms with van der Waals surface area (Å²) < 4.78 is 13.3. The molecule has 2 rings (SSSR count). The van der Waals surface area contributed by atoms with E-state index in [4.69, 9.17) is 5.73 Å². The summed E-state index contributed by atoms with van der Waals surface area (Å²) in [5.41, 5.74) is 5.93. The van der Waals surface area contributed by atoms with Gasteiger partial charge in [-0.25, -0.2) is 9.37 Å². The number of anilines is 2. The van der Waals surface area contributed by atoms with Gasteiger partial charge in [0.25, 0.3) is 5.56 Å². The summed E-state index contributed by atoms with van der Waals surface area (Å²) in [4.78, 5) is 29.3. The first-order chi connectivity index (χ1) is 9.94. The zero-order valence-electron chi connectivity index (χ0n) is 11.1. The van der Waals surface area contributed by atoms with Crippen LogP contribution in [0.25, 0.3) is 0 Å². The standard InChI is InChI=1S/C13H13FN4O2S/c1-7-2-3-8(4-9(7)14)16-12(20)6-21-13-17-10(15)5-11(19)18-13/h2-5H,6H2,1H3,(H,16,20)(H3,15,17,18,19). The number of rotatable bonds is 4. The number of aromatic amines is 1. The van der Waals surface area contributed by atoms with E-state index in [2.05, 4.69) is 15.3 Å². The van der Waals surface area contributed by atoms with E-state index < -0.39 is 0 Å². The fourth-order valence-electron chi connectivity index (χ4n) is 1.52. The number of amides is 1. The Balaban J connectivity index is 1.95. The maximum Gasteiger partial charge on any atom is 0.253 e. The van der Waals surface area contributed by atoms with Gasteiger partial charge in [0.15, 0.2) is 5.16 Å². The maximum absolute atomic E-state index is 13.3. The molecule has 1 aromatic carbocycles. The molecule has 0 aliphatic carbocycles. The van der Waals surface area contributed by atoms with Crippen LogP contribution < -0.4 is 16.6 Å². The third kappa shape index (κ3) is 4.32. The van der Waals surface area contributed by atoms with E-state index in [1.54, 1.807) is 19.1 Å².